The van der Waals surface area contributed by atoms with Crippen LogP contribution in [0.25, 0.3) is 22.1 Å². The molecule has 312 valence electrons. The number of hydrogen-bond donors (Lipinski definition) is 5. The zero-order valence-electron chi connectivity index (χ0n) is 32.8. The van der Waals surface area contributed by atoms with Crippen molar-refractivity contribution in [1.29, 1.82) is 0 Å². The molecule has 2 aliphatic rings. The van der Waals surface area contributed by atoms with Crippen LogP contribution in [-0.2, 0) is 54.9 Å². The topological polar surface area (TPSA) is 240 Å². The first-order chi connectivity index (χ1) is 27.7. The van der Waals surface area contributed by atoms with Gasteiger partial charge in [0.2, 0.25) is 11.8 Å². The molecular formula is C38H48ClN9O8S2. The molecule has 2 amide bonds. The molecule has 0 saturated carbocycles. The number of benzene rings is 1. The maximum atomic E-state index is 12.8. The fourth-order valence-electron chi connectivity index (χ4n) is 7.46. The molecule has 17 nitrogen and oxygen atoms in total. The van der Waals surface area contributed by atoms with Crippen molar-refractivity contribution in [2.24, 2.45) is 11.8 Å². The zero-order valence-corrected chi connectivity index (χ0v) is 35.2. The van der Waals surface area contributed by atoms with Crippen LogP contribution in [0.2, 0.25) is 5.15 Å². The zero-order chi connectivity index (χ0) is 41.6. The van der Waals surface area contributed by atoms with E-state index in [1.165, 1.54) is 25.2 Å². The van der Waals surface area contributed by atoms with Crippen molar-refractivity contribution in [2.45, 2.75) is 51.4 Å². The molecule has 4 heterocycles. The van der Waals surface area contributed by atoms with Crippen LogP contribution in [0.1, 0.15) is 48.2 Å². The summed E-state index contributed by atoms with van der Waals surface area (Å²) in [5, 5.41) is 11.1. The van der Waals surface area contributed by atoms with E-state index in [-0.39, 0.29) is 35.2 Å². The lowest BCUT2D eigenvalue weighted by molar-refractivity contribution is -0.126. The number of fused-ring (bicyclic) bond motifs is 6. The standard InChI is InChI=1S/C23H29N5O5S.C15H19ClN4O3S/c1-32-17-6-4-7-18(33-2)20(17)28-22-19-15-12-14(23(29)24-10-5-11-34(3,30)31)8-9-16(15)27-21(19)25-13-26-22;1-24(22,23)6-2-5-17-15(21)9-3-4-11-10(7-9)12-13(16)18-8-19-14(12)20-11/h4,6-7,13-14H,5,8-12H2,1-3H3,(H,24,29)(H2,25,26,27,28);8-9H,2-7H2,1H3,(H,17,21)(H,18,19,20). The Morgan fingerprint density at radius 3 is 1.74 bits per heavy atom. The average molecular weight is 858 g/mol. The second kappa shape index (κ2) is 18.3. The van der Waals surface area contributed by atoms with Crippen LogP contribution in [0.4, 0.5) is 11.5 Å². The number of nitrogens with zero attached hydrogens (tertiary/aromatic N) is 4. The number of aromatic amines is 2. The Bertz CT molecular complexity index is 2500. The van der Waals surface area contributed by atoms with Crippen LogP contribution >= 0.6 is 11.6 Å². The van der Waals surface area contributed by atoms with E-state index in [2.05, 4.69) is 45.9 Å². The number of ether oxygens (including phenoxy) is 2. The summed E-state index contributed by atoms with van der Waals surface area (Å²) in [5.41, 5.74) is 6.19. The number of sulfone groups is 2. The van der Waals surface area contributed by atoms with Gasteiger partial charge in [-0.2, -0.15) is 0 Å². The lowest BCUT2D eigenvalue weighted by Gasteiger charge is -2.22. The van der Waals surface area contributed by atoms with E-state index >= 15 is 0 Å². The summed E-state index contributed by atoms with van der Waals surface area (Å²) in [7, 11) is -2.85. The van der Waals surface area contributed by atoms with Crippen molar-refractivity contribution in [1.82, 2.24) is 40.5 Å². The smallest absolute Gasteiger partial charge is 0.223 e. The van der Waals surface area contributed by atoms with Gasteiger partial charge >= 0.3 is 0 Å². The number of methoxy groups -OCH3 is 2. The molecule has 0 bridgehead atoms. The first-order valence-electron chi connectivity index (χ1n) is 18.9. The summed E-state index contributed by atoms with van der Waals surface area (Å²) >= 11 is 6.18. The van der Waals surface area contributed by atoms with E-state index in [0.29, 0.717) is 91.1 Å². The van der Waals surface area contributed by atoms with E-state index in [4.69, 9.17) is 21.1 Å². The molecule has 0 radical (unpaired) electrons. The molecular weight excluding hydrogens is 810 g/mol. The monoisotopic (exact) mass is 857 g/mol. The average Bonchev–Trinajstić information content (AvgIpc) is 3.76. The molecule has 4 aromatic heterocycles. The molecule has 2 unspecified atom stereocenters. The Morgan fingerprint density at radius 1 is 0.759 bits per heavy atom. The van der Waals surface area contributed by atoms with Gasteiger partial charge in [0, 0.05) is 48.8 Å². The van der Waals surface area contributed by atoms with E-state index < -0.39 is 19.7 Å². The van der Waals surface area contributed by atoms with Gasteiger partial charge in [-0.25, -0.2) is 36.8 Å². The van der Waals surface area contributed by atoms with Crippen LogP contribution in [-0.4, -0.2) is 110 Å². The molecule has 2 atom stereocenters. The fraction of sp³-hybridized carbons (Fsp3) is 0.474. The summed E-state index contributed by atoms with van der Waals surface area (Å²) < 4.78 is 55.8. The number of H-pyrrole nitrogens is 2. The second-order valence-electron chi connectivity index (χ2n) is 14.6. The summed E-state index contributed by atoms with van der Waals surface area (Å²) in [6, 6.07) is 5.51. The Labute approximate surface area is 341 Å². The van der Waals surface area contributed by atoms with Crippen molar-refractivity contribution in [2.75, 3.05) is 56.6 Å². The summed E-state index contributed by atoms with van der Waals surface area (Å²) in [6.45, 7) is 0.708. The van der Waals surface area contributed by atoms with Gasteiger partial charge in [0.1, 0.15) is 71.8 Å². The third-order valence-electron chi connectivity index (χ3n) is 10.3. The van der Waals surface area contributed by atoms with Crippen molar-refractivity contribution in [3.8, 4) is 11.5 Å². The minimum Gasteiger partial charge on any atom is -0.494 e. The van der Waals surface area contributed by atoms with Gasteiger partial charge in [-0.15, -0.1) is 0 Å². The molecule has 2 aliphatic carbocycles. The van der Waals surface area contributed by atoms with Gasteiger partial charge in [0.05, 0.1) is 36.5 Å². The first-order valence-corrected chi connectivity index (χ1v) is 23.4. The number of hydrogen-bond acceptors (Lipinski definition) is 13. The highest BCUT2D eigenvalue weighted by molar-refractivity contribution is 7.90. The van der Waals surface area contributed by atoms with Gasteiger partial charge in [-0.1, -0.05) is 17.7 Å². The third kappa shape index (κ3) is 10.3. The van der Waals surface area contributed by atoms with E-state index in [9.17, 15) is 26.4 Å². The predicted molar refractivity (Wildman–Crippen MR) is 221 cm³/mol. The number of nitrogens with one attached hydrogen (secondary N) is 5. The number of aryl methyl sites for hydroxylation is 2. The quantitative estimate of drug-likeness (QED) is 0.0793. The molecule has 5 aromatic rings. The van der Waals surface area contributed by atoms with E-state index in [1.807, 2.05) is 18.2 Å². The van der Waals surface area contributed by atoms with E-state index in [0.717, 1.165) is 46.1 Å². The summed E-state index contributed by atoms with van der Waals surface area (Å²) in [4.78, 5) is 48.8. The molecule has 1 aromatic carbocycles. The normalized spacial score (nSPS) is 16.4. The molecule has 0 fully saturated rings. The van der Waals surface area contributed by atoms with Crippen LogP contribution in [0.5, 0.6) is 11.5 Å². The number of carbonyl (C=O) groups excluding carboxylic acids is 2. The Kier molecular flexibility index (Phi) is 13.4. The summed E-state index contributed by atoms with van der Waals surface area (Å²) in [5.74, 6) is 1.50. The SMILES string of the molecule is COc1cccc(OC)c1Nc1ncnc2[nH]c3c(c12)CC(C(=O)NCCCS(C)(=O)=O)CC3.CS(=O)(=O)CCCNC(=O)C1CCc2[nH]c3ncnc(Cl)c3c2C1. The Hall–Kier alpha value is -5.01. The molecule has 5 N–H and O–H groups in total. The van der Waals surface area contributed by atoms with E-state index in [1.54, 1.807) is 14.2 Å². The molecule has 0 saturated heterocycles. The molecule has 58 heavy (non-hydrogen) atoms. The van der Waals surface area contributed by atoms with Gasteiger partial charge in [0.15, 0.2) is 0 Å². The lowest BCUT2D eigenvalue weighted by Crippen LogP contribution is -2.35. The first kappa shape index (κ1) is 42.6. The van der Waals surface area contributed by atoms with Crippen molar-refractivity contribution < 1.29 is 35.9 Å². The van der Waals surface area contributed by atoms with Crippen molar-refractivity contribution in [3.05, 3.63) is 58.5 Å². The maximum absolute atomic E-state index is 12.8. The molecule has 20 heteroatoms. The predicted octanol–water partition coefficient (Wildman–Crippen LogP) is 3.64. The molecule has 7 rings (SSSR count). The minimum atomic E-state index is -3.04. The van der Waals surface area contributed by atoms with Crippen molar-refractivity contribution in [3.63, 3.8) is 0 Å². The molecule has 0 aliphatic heterocycles. The number of rotatable bonds is 14. The fourth-order valence-corrected chi connectivity index (χ4v) is 9.04. The largest absolute Gasteiger partial charge is 0.494 e. The van der Waals surface area contributed by atoms with Crippen LogP contribution < -0.4 is 25.4 Å². The number of anilines is 2. The number of halogens is 1. The van der Waals surface area contributed by atoms with Crippen LogP contribution in [0.3, 0.4) is 0 Å². The van der Waals surface area contributed by atoms with Crippen LogP contribution in [0.15, 0.2) is 30.9 Å². The maximum Gasteiger partial charge on any atom is 0.223 e. The summed E-state index contributed by atoms with van der Waals surface area (Å²) in [6.07, 6.45) is 10.2. The van der Waals surface area contributed by atoms with Gasteiger partial charge in [-0.3, -0.25) is 9.59 Å². The second-order valence-corrected chi connectivity index (χ2v) is 19.5. The van der Waals surface area contributed by atoms with Gasteiger partial charge in [-0.05, 0) is 74.6 Å². The minimum absolute atomic E-state index is 0.0449. The number of aromatic nitrogens is 6. The number of carbonyl (C=O) groups is 2. The highest BCUT2D eigenvalue weighted by atomic mass is 35.5. The molecule has 0 spiro atoms. The number of para-hydroxylation sites is 1. The Morgan fingerprint density at radius 2 is 1.24 bits per heavy atom. The van der Waals surface area contributed by atoms with Gasteiger partial charge in [0.25, 0.3) is 0 Å². The highest BCUT2D eigenvalue weighted by Crippen LogP contribution is 2.40. The van der Waals surface area contributed by atoms with Crippen molar-refractivity contribution >= 4 is 76.7 Å². The lowest BCUT2D eigenvalue weighted by atomic mass is 9.86. The third-order valence-corrected chi connectivity index (χ3v) is 12.6. The highest BCUT2D eigenvalue weighted by Gasteiger charge is 2.30. The van der Waals surface area contributed by atoms with Crippen LogP contribution in [0, 0.1) is 11.8 Å². The Balaban J connectivity index is 0.000000208. The van der Waals surface area contributed by atoms with Gasteiger partial charge < -0.3 is 35.4 Å². The number of amides is 2.